The van der Waals surface area contributed by atoms with Gasteiger partial charge in [0.1, 0.15) is 5.76 Å². The number of benzene rings is 1. The van der Waals surface area contributed by atoms with Gasteiger partial charge >= 0.3 is 0 Å². The molecule has 2 aromatic rings. The number of carbonyl (C=O) groups excluding carboxylic acids is 1. The Morgan fingerprint density at radius 2 is 1.92 bits per heavy atom. The van der Waals surface area contributed by atoms with E-state index in [1.807, 2.05) is 37.3 Å². The number of hydrogen-bond donors (Lipinski definition) is 3. The maximum Gasteiger partial charge on any atom is 0.239 e. The summed E-state index contributed by atoms with van der Waals surface area (Å²) >= 11 is 5.86. The highest BCUT2D eigenvalue weighted by Gasteiger charge is 2.04. The largest absolute Gasteiger partial charge is 0.467 e. The molecule has 0 aliphatic heterocycles. The van der Waals surface area contributed by atoms with Gasteiger partial charge in [-0.05, 0) is 36.8 Å². The van der Waals surface area contributed by atoms with Crippen LogP contribution in [0.3, 0.4) is 0 Å². The molecule has 136 valence electrons. The van der Waals surface area contributed by atoms with Crippen LogP contribution < -0.4 is 16.0 Å². The van der Waals surface area contributed by atoms with Gasteiger partial charge in [-0.25, -0.2) is 4.99 Å². The molecule has 1 amide bonds. The molecule has 0 radical (unpaired) electrons. The third kappa shape index (κ3) is 8.26. The number of aliphatic imine (C=N–C) groups is 1. The number of rotatable bonds is 7. The van der Waals surface area contributed by atoms with Crippen LogP contribution in [-0.2, 0) is 17.9 Å². The summed E-state index contributed by atoms with van der Waals surface area (Å²) in [5, 5.41) is 9.57. The molecule has 0 aliphatic carbocycles. The van der Waals surface area contributed by atoms with E-state index in [2.05, 4.69) is 20.9 Å². The number of nitrogens with zero attached hydrogens (tertiary/aromatic N) is 1. The van der Waals surface area contributed by atoms with E-state index in [9.17, 15) is 4.79 Å². The second-order valence-electron chi connectivity index (χ2n) is 5.03. The van der Waals surface area contributed by atoms with Crippen molar-refractivity contribution in [1.29, 1.82) is 0 Å². The van der Waals surface area contributed by atoms with Crippen LogP contribution in [0.1, 0.15) is 18.2 Å². The lowest BCUT2D eigenvalue weighted by atomic mass is 10.2. The van der Waals surface area contributed by atoms with E-state index in [-0.39, 0.29) is 36.4 Å². The smallest absolute Gasteiger partial charge is 0.239 e. The number of amides is 1. The summed E-state index contributed by atoms with van der Waals surface area (Å²) in [5.74, 6) is 1.16. The lowest BCUT2D eigenvalue weighted by molar-refractivity contribution is -0.120. The van der Waals surface area contributed by atoms with Crippen molar-refractivity contribution in [3.63, 3.8) is 0 Å². The van der Waals surface area contributed by atoms with Gasteiger partial charge in [0, 0.05) is 11.6 Å². The minimum Gasteiger partial charge on any atom is -0.467 e. The maximum atomic E-state index is 11.8. The van der Waals surface area contributed by atoms with Crippen LogP contribution in [0.2, 0.25) is 5.02 Å². The summed E-state index contributed by atoms with van der Waals surface area (Å²) in [4.78, 5) is 16.3. The third-order valence-electron chi connectivity index (χ3n) is 3.13. The molecule has 0 unspecified atom stereocenters. The van der Waals surface area contributed by atoms with Gasteiger partial charge in [0.05, 0.1) is 25.9 Å². The molecule has 1 aromatic carbocycles. The second-order valence-corrected chi connectivity index (χ2v) is 5.47. The monoisotopic (exact) mass is 476 g/mol. The Balaban J connectivity index is 0.00000312. The highest BCUT2D eigenvalue weighted by Crippen LogP contribution is 2.10. The van der Waals surface area contributed by atoms with E-state index in [0.717, 1.165) is 5.56 Å². The summed E-state index contributed by atoms with van der Waals surface area (Å²) in [7, 11) is 0. The first kappa shape index (κ1) is 21.3. The molecule has 6 nitrogen and oxygen atoms in total. The molecule has 8 heteroatoms. The molecule has 0 saturated carbocycles. The molecule has 0 saturated heterocycles. The highest BCUT2D eigenvalue weighted by molar-refractivity contribution is 14.0. The second kappa shape index (κ2) is 11.8. The van der Waals surface area contributed by atoms with Crippen molar-refractivity contribution < 1.29 is 9.21 Å². The number of guanidine groups is 1. The fraction of sp³-hybridized carbons (Fsp3) is 0.294. The molecule has 0 spiro atoms. The zero-order valence-corrected chi connectivity index (χ0v) is 17.0. The van der Waals surface area contributed by atoms with Crippen molar-refractivity contribution in [2.45, 2.75) is 20.0 Å². The van der Waals surface area contributed by atoms with Crippen LogP contribution in [-0.4, -0.2) is 25.0 Å². The van der Waals surface area contributed by atoms with E-state index in [0.29, 0.717) is 36.4 Å². The first-order chi connectivity index (χ1) is 11.7. The van der Waals surface area contributed by atoms with E-state index in [1.54, 1.807) is 12.3 Å². The standard InChI is InChI=1S/C17H21ClN4O2.HI/c1-2-19-17(21-10-13-5-7-14(18)8-6-13)22-12-16(23)20-11-15-4-3-9-24-15;/h3-9H,2,10-12H2,1H3,(H,20,23)(H2,19,21,22);1H. The van der Waals surface area contributed by atoms with Crippen molar-refractivity contribution in [1.82, 2.24) is 16.0 Å². The van der Waals surface area contributed by atoms with E-state index in [1.165, 1.54) is 0 Å². The average molecular weight is 477 g/mol. The summed E-state index contributed by atoms with van der Waals surface area (Å²) in [6.07, 6.45) is 1.58. The maximum absolute atomic E-state index is 11.8. The Labute approximate surface area is 169 Å². The minimum absolute atomic E-state index is 0. The van der Waals surface area contributed by atoms with Gasteiger partial charge in [0.2, 0.25) is 5.91 Å². The Hall–Kier alpha value is -1.74. The number of nitrogens with one attached hydrogen (secondary N) is 3. The Bertz CT molecular complexity index is 660. The summed E-state index contributed by atoms with van der Waals surface area (Å²) in [5.41, 5.74) is 1.04. The van der Waals surface area contributed by atoms with E-state index in [4.69, 9.17) is 16.0 Å². The SMILES string of the molecule is CCNC(=NCc1ccc(Cl)cc1)NCC(=O)NCc1ccco1.I. The predicted octanol–water partition coefficient (Wildman–Crippen LogP) is 2.92. The van der Waals surface area contributed by atoms with E-state index >= 15 is 0 Å². The molecule has 1 aromatic heterocycles. The van der Waals surface area contributed by atoms with Gasteiger partial charge in [-0.3, -0.25) is 4.79 Å². The van der Waals surface area contributed by atoms with Crippen molar-refractivity contribution in [3.05, 3.63) is 59.0 Å². The quantitative estimate of drug-likeness (QED) is 0.326. The van der Waals surface area contributed by atoms with Crippen molar-refractivity contribution >= 4 is 47.4 Å². The molecule has 25 heavy (non-hydrogen) atoms. The molecule has 1 heterocycles. The fourth-order valence-corrected chi connectivity index (χ4v) is 2.05. The normalized spacial score (nSPS) is 10.7. The molecule has 0 bridgehead atoms. The summed E-state index contributed by atoms with van der Waals surface area (Å²) in [6, 6.07) is 11.1. The molecular formula is C17H22ClIN4O2. The van der Waals surface area contributed by atoms with Gasteiger partial charge in [-0.15, -0.1) is 24.0 Å². The topological polar surface area (TPSA) is 78.7 Å². The minimum atomic E-state index is -0.136. The zero-order valence-electron chi connectivity index (χ0n) is 13.9. The molecule has 0 atom stereocenters. The van der Waals surface area contributed by atoms with Gasteiger partial charge in [0.25, 0.3) is 0 Å². The number of halogens is 2. The highest BCUT2D eigenvalue weighted by atomic mass is 127. The lowest BCUT2D eigenvalue weighted by Gasteiger charge is -2.11. The van der Waals surface area contributed by atoms with Crippen molar-refractivity contribution in [2.75, 3.05) is 13.1 Å². The lowest BCUT2D eigenvalue weighted by Crippen LogP contribution is -2.43. The van der Waals surface area contributed by atoms with E-state index < -0.39 is 0 Å². The first-order valence-electron chi connectivity index (χ1n) is 7.73. The van der Waals surface area contributed by atoms with Gasteiger partial charge in [0.15, 0.2) is 5.96 Å². The predicted molar refractivity (Wildman–Crippen MR) is 110 cm³/mol. The summed E-state index contributed by atoms with van der Waals surface area (Å²) < 4.78 is 5.16. The number of hydrogen-bond acceptors (Lipinski definition) is 3. The van der Waals surface area contributed by atoms with Crippen LogP contribution in [0, 0.1) is 0 Å². The first-order valence-corrected chi connectivity index (χ1v) is 8.11. The van der Waals surface area contributed by atoms with Crippen LogP contribution in [0.25, 0.3) is 0 Å². The van der Waals surface area contributed by atoms with Crippen molar-refractivity contribution in [3.8, 4) is 0 Å². The van der Waals surface area contributed by atoms with Gasteiger partial charge in [-0.2, -0.15) is 0 Å². The Morgan fingerprint density at radius 1 is 1.16 bits per heavy atom. The van der Waals surface area contributed by atoms with Crippen LogP contribution >= 0.6 is 35.6 Å². The third-order valence-corrected chi connectivity index (χ3v) is 3.39. The zero-order chi connectivity index (χ0) is 17.2. The number of furan rings is 1. The molecule has 3 N–H and O–H groups in total. The molecule has 2 rings (SSSR count). The van der Waals surface area contributed by atoms with Crippen molar-refractivity contribution in [2.24, 2.45) is 4.99 Å². The van der Waals surface area contributed by atoms with Gasteiger partial charge in [-0.1, -0.05) is 23.7 Å². The Kier molecular flexibility index (Phi) is 10.0. The summed E-state index contributed by atoms with van der Waals surface area (Å²) in [6.45, 7) is 3.68. The van der Waals surface area contributed by atoms with Gasteiger partial charge < -0.3 is 20.4 Å². The van der Waals surface area contributed by atoms with Crippen LogP contribution in [0.15, 0.2) is 52.1 Å². The molecular weight excluding hydrogens is 455 g/mol. The number of carbonyl (C=O) groups is 1. The fourth-order valence-electron chi connectivity index (χ4n) is 1.93. The average Bonchev–Trinajstić information content (AvgIpc) is 3.10. The molecule has 0 aliphatic rings. The molecule has 0 fully saturated rings. The Morgan fingerprint density at radius 3 is 2.56 bits per heavy atom. The van der Waals surface area contributed by atoms with Crippen LogP contribution in [0.5, 0.6) is 0 Å². The van der Waals surface area contributed by atoms with Crippen LogP contribution in [0.4, 0.5) is 0 Å².